The molecule has 1 aliphatic rings. The van der Waals surface area contributed by atoms with Gasteiger partial charge in [-0.25, -0.2) is 8.42 Å². The van der Waals surface area contributed by atoms with E-state index in [0.29, 0.717) is 41.0 Å². The summed E-state index contributed by atoms with van der Waals surface area (Å²) in [6.07, 6.45) is 0. The van der Waals surface area contributed by atoms with Crippen LogP contribution in [0.15, 0.2) is 41.3 Å². The second-order valence-electron chi connectivity index (χ2n) is 7.21. The number of carbonyl (C=O) groups excluding carboxylic acids is 1. The van der Waals surface area contributed by atoms with E-state index in [1.54, 1.807) is 32.0 Å². The highest BCUT2D eigenvalue weighted by molar-refractivity contribution is 7.89. The molecule has 3 rings (SSSR count). The van der Waals surface area contributed by atoms with Crippen LogP contribution < -0.4 is 18.9 Å². The molecule has 0 bridgehead atoms. The topological polar surface area (TPSA) is 100 Å². The van der Waals surface area contributed by atoms with Crippen LogP contribution in [-0.2, 0) is 26.2 Å². The van der Waals surface area contributed by atoms with Crippen molar-refractivity contribution in [3.05, 3.63) is 47.0 Å². The van der Waals surface area contributed by atoms with Crippen molar-refractivity contribution in [2.24, 2.45) is 5.92 Å². The zero-order chi connectivity index (χ0) is 22.6. The zero-order valence-corrected chi connectivity index (χ0v) is 19.0. The van der Waals surface area contributed by atoms with Crippen LogP contribution in [0.4, 0.5) is 0 Å². The molecular weight excluding hydrogens is 446 g/mol. The summed E-state index contributed by atoms with van der Waals surface area (Å²) in [5.41, 5.74) is 0.570. The van der Waals surface area contributed by atoms with Crippen LogP contribution in [0.3, 0.4) is 0 Å². The number of esters is 1. The Hall–Kier alpha value is -2.49. The molecule has 2 aromatic rings. The third-order valence-corrected chi connectivity index (χ3v) is 6.31. The Kier molecular flexibility index (Phi) is 7.30. The molecule has 0 aliphatic carbocycles. The van der Waals surface area contributed by atoms with Crippen LogP contribution in [-0.4, -0.2) is 40.8 Å². The molecule has 0 saturated carbocycles. The molecule has 10 heteroatoms. The van der Waals surface area contributed by atoms with Gasteiger partial charge in [0.1, 0.15) is 31.6 Å². The second-order valence-corrected chi connectivity index (χ2v) is 9.36. The number of rotatable bonds is 8. The van der Waals surface area contributed by atoms with E-state index < -0.39 is 22.0 Å². The van der Waals surface area contributed by atoms with Crippen molar-refractivity contribution >= 4 is 27.6 Å². The van der Waals surface area contributed by atoms with Crippen LogP contribution in [0.2, 0.25) is 5.02 Å². The smallest absolute Gasteiger partial charge is 0.324 e. The van der Waals surface area contributed by atoms with E-state index in [4.69, 9.17) is 30.5 Å². The summed E-state index contributed by atoms with van der Waals surface area (Å²) >= 11 is 6.00. The fraction of sp³-hybridized carbons (Fsp3) is 0.381. The van der Waals surface area contributed by atoms with Crippen molar-refractivity contribution in [2.45, 2.75) is 31.4 Å². The predicted molar refractivity (Wildman–Crippen MR) is 114 cm³/mol. The maximum absolute atomic E-state index is 12.9. The lowest BCUT2D eigenvalue weighted by Crippen LogP contribution is -2.45. The van der Waals surface area contributed by atoms with Crippen molar-refractivity contribution in [3.63, 3.8) is 0 Å². The summed E-state index contributed by atoms with van der Waals surface area (Å²) in [4.78, 5) is 12.7. The number of sulfonamides is 1. The maximum Gasteiger partial charge on any atom is 0.324 e. The van der Waals surface area contributed by atoms with Gasteiger partial charge in [0.05, 0.1) is 12.0 Å². The Morgan fingerprint density at radius 3 is 2.52 bits per heavy atom. The molecule has 1 heterocycles. The van der Waals surface area contributed by atoms with Crippen molar-refractivity contribution in [1.82, 2.24) is 4.72 Å². The van der Waals surface area contributed by atoms with Gasteiger partial charge < -0.3 is 18.9 Å². The Morgan fingerprint density at radius 1 is 1.13 bits per heavy atom. The van der Waals surface area contributed by atoms with E-state index in [9.17, 15) is 13.2 Å². The molecule has 2 aromatic carbocycles. The summed E-state index contributed by atoms with van der Waals surface area (Å²) in [6, 6.07) is 8.14. The van der Waals surface area contributed by atoms with Gasteiger partial charge in [0.25, 0.3) is 0 Å². The monoisotopic (exact) mass is 469 g/mol. The molecule has 0 spiro atoms. The van der Waals surface area contributed by atoms with Crippen LogP contribution >= 0.6 is 11.6 Å². The van der Waals surface area contributed by atoms with Crippen LogP contribution in [0.1, 0.15) is 19.4 Å². The molecule has 0 amide bonds. The van der Waals surface area contributed by atoms with Gasteiger partial charge in [0, 0.05) is 16.7 Å². The number of nitrogens with one attached hydrogen (secondary N) is 1. The normalized spacial score (nSPS) is 14.2. The quantitative estimate of drug-likeness (QED) is 0.592. The maximum atomic E-state index is 12.9. The molecule has 0 radical (unpaired) electrons. The first-order valence-electron chi connectivity index (χ1n) is 9.62. The number of hydrogen-bond acceptors (Lipinski definition) is 7. The lowest BCUT2D eigenvalue weighted by atomic mass is 10.1. The van der Waals surface area contributed by atoms with E-state index in [1.807, 2.05) is 0 Å². The third-order valence-electron chi connectivity index (χ3n) is 4.64. The Bertz CT molecular complexity index is 1060. The minimum absolute atomic E-state index is 0.0355. The fourth-order valence-electron chi connectivity index (χ4n) is 2.98. The molecule has 0 unspecified atom stereocenters. The highest BCUT2D eigenvalue weighted by Gasteiger charge is 2.30. The highest BCUT2D eigenvalue weighted by Crippen LogP contribution is 2.32. The van der Waals surface area contributed by atoms with Crippen LogP contribution in [0, 0.1) is 5.92 Å². The highest BCUT2D eigenvalue weighted by atomic mass is 35.5. The van der Waals surface area contributed by atoms with Crippen molar-refractivity contribution < 1.29 is 32.2 Å². The first kappa shape index (κ1) is 23.2. The van der Waals surface area contributed by atoms with Crippen LogP contribution in [0.5, 0.6) is 17.2 Å². The third kappa shape index (κ3) is 5.61. The van der Waals surface area contributed by atoms with E-state index in [1.165, 1.54) is 25.3 Å². The number of ether oxygens (including phenoxy) is 4. The second kappa shape index (κ2) is 9.76. The Balaban J connectivity index is 1.74. The van der Waals surface area contributed by atoms with Crippen LogP contribution in [0.25, 0.3) is 0 Å². The molecule has 1 aliphatic heterocycles. The van der Waals surface area contributed by atoms with Crippen molar-refractivity contribution in [2.75, 3.05) is 20.3 Å². The summed E-state index contributed by atoms with van der Waals surface area (Å²) in [5, 5.41) is 0.464. The van der Waals surface area contributed by atoms with Gasteiger partial charge in [-0.1, -0.05) is 25.4 Å². The molecule has 1 N–H and O–H groups in total. The van der Waals surface area contributed by atoms with Gasteiger partial charge >= 0.3 is 5.97 Å². The fourth-order valence-corrected chi connectivity index (χ4v) is 4.52. The first-order valence-corrected chi connectivity index (χ1v) is 11.5. The molecule has 1 atom stereocenters. The summed E-state index contributed by atoms with van der Waals surface area (Å²) in [7, 11) is -2.52. The predicted octanol–water partition coefficient (Wildman–Crippen LogP) is 3.17. The molecule has 0 saturated heterocycles. The number of hydrogen-bond donors (Lipinski definition) is 1. The summed E-state index contributed by atoms with van der Waals surface area (Å²) in [6.45, 7) is 4.06. The van der Waals surface area contributed by atoms with Gasteiger partial charge in [-0.3, -0.25) is 4.79 Å². The lowest BCUT2D eigenvalue weighted by Gasteiger charge is -2.22. The summed E-state index contributed by atoms with van der Waals surface area (Å²) in [5.74, 6) is 0.250. The number of methoxy groups -OCH3 is 1. The average molecular weight is 470 g/mol. The molecule has 31 heavy (non-hydrogen) atoms. The van der Waals surface area contributed by atoms with E-state index in [-0.39, 0.29) is 17.4 Å². The van der Waals surface area contributed by atoms with Gasteiger partial charge in [-0.05, 0) is 36.2 Å². The number of carbonyl (C=O) groups is 1. The van der Waals surface area contributed by atoms with Gasteiger partial charge in [-0.15, -0.1) is 0 Å². The van der Waals surface area contributed by atoms with E-state index in [2.05, 4.69) is 4.72 Å². The van der Waals surface area contributed by atoms with Gasteiger partial charge in [0.15, 0.2) is 11.5 Å². The lowest BCUT2D eigenvalue weighted by molar-refractivity contribution is -0.148. The number of halogens is 1. The molecule has 0 fully saturated rings. The minimum atomic E-state index is -4.02. The average Bonchev–Trinajstić information content (AvgIpc) is 2.75. The zero-order valence-electron chi connectivity index (χ0n) is 17.4. The van der Waals surface area contributed by atoms with Crippen molar-refractivity contribution in [1.29, 1.82) is 0 Å². The van der Waals surface area contributed by atoms with Crippen molar-refractivity contribution in [3.8, 4) is 17.2 Å². The number of benzene rings is 2. The summed E-state index contributed by atoms with van der Waals surface area (Å²) < 4.78 is 49.7. The van der Waals surface area contributed by atoms with Gasteiger partial charge in [-0.2, -0.15) is 4.72 Å². The molecular formula is C21H24ClNO7S. The standard InChI is InChI=1S/C21H24ClNO7S/c1-13(2)20(21(24)30-12-14-10-15(22)4-6-17(14)27-3)23-31(25,26)16-5-7-18-19(11-16)29-9-8-28-18/h4-7,10-11,13,20,23H,8-9,12H2,1-3H3/t20-/m0/s1. The SMILES string of the molecule is COc1ccc(Cl)cc1COC(=O)[C@@H](NS(=O)(=O)c1ccc2c(c1)OCCO2)C(C)C. The minimum Gasteiger partial charge on any atom is -0.496 e. The molecule has 0 aromatic heterocycles. The largest absolute Gasteiger partial charge is 0.496 e. The number of fused-ring (bicyclic) bond motifs is 1. The van der Waals surface area contributed by atoms with E-state index in [0.717, 1.165) is 0 Å². The first-order chi connectivity index (χ1) is 14.7. The Labute approximate surface area is 186 Å². The Morgan fingerprint density at radius 2 is 1.84 bits per heavy atom. The van der Waals surface area contributed by atoms with E-state index >= 15 is 0 Å². The van der Waals surface area contributed by atoms with Gasteiger partial charge in [0.2, 0.25) is 10.0 Å². The molecule has 8 nitrogen and oxygen atoms in total. The molecule has 168 valence electrons.